The Labute approximate surface area is 144 Å². The average molecular weight is 351 g/mol. The molecule has 0 aliphatic carbocycles. The van der Waals surface area contributed by atoms with Gasteiger partial charge in [0.1, 0.15) is 0 Å². The minimum Gasteiger partial charge on any atom is -0.480 e. The number of nitrogens with zero attached hydrogens (tertiary/aromatic N) is 3. The number of nitro groups is 1. The van der Waals surface area contributed by atoms with E-state index in [1.165, 1.54) is 6.07 Å². The number of amides is 1. The first-order valence-electron chi connectivity index (χ1n) is 7.89. The Kier molecular flexibility index (Phi) is 6.43. The number of benzene rings is 1. The predicted octanol–water partition coefficient (Wildman–Crippen LogP) is 0.381. The molecule has 1 fully saturated rings. The van der Waals surface area contributed by atoms with Crippen LogP contribution in [0, 0.1) is 10.1 Å². The molecule has 0 aromatic heterocycles. The number of carbonyl (C=O) groups excluding carboxylic acids is 1. The van der Waals surface area contributed by atoms with E-state index in [4.69, 9.17) is 9.84 Å². The van der Waals surface area contributed by atoms with Crippen molar-refractivity contribution in [2.24, 2.45) is 0 Å². The van der Waals surface area contributed by atoms with Crippen molar-refractivity contribution in [1.29, 1.82) is 0 Å². The minimum atomic E-state index is -0.928. The molecule has 0 spiro atoms. The third-order valence-corrected chi connectivity index (χ3v) is 3.94. The Morgan fingerprint density at radius 1 is 1.44 bits per heavy atom. The summed E-state index contributed by atoms with van der Waals surface area (Å²) in [7, 11) is 1.67. The molecule has 1 aromatic rings. The van der Waals surface area contributed by atoms with Crippen LogP contribution in [0.25, 0.3) is 0 Å². The molecular formula is C16H21N3O6. The standard InChI is InChI=1S/C16H21N3O6/c1-17(11-16(21)22)9-13-10-18(6-7-25-13)15(20)8-12-4-2-3-5-14(12)19(23)24/h2-5,13H,6-11H2,1H3,(H,21,22). The lowest BCUT2D eigenvalue weighted by Crippen LogP contribution is -2.50. The van der Waals surface area contributed by atoms with Gasteiger partial charge in [0, 0.05) is 31.3 Å². The zero-order chi connectivity index (χ0) is 18.4. The molecule has 0 bridgehead atoms. The summed E-state index contributed by atoms with van der Waals surface area (Å²) in [5.74, 6) is -1.13. The molecule has 1 unspecified atom stereocenters. The molecule has 9 nitrogen and oxygen atoms in total. The lowest BCUT2D eigenvalue weighted by Gasteiger charge is -2.34. The molecule has 25 heavy (non-hydrogen) atoms. The fraction of sp³-hybridized carbons (Fsp3) is 0.500. The van der Waals surface area contributed by atoms with Gasteiger partial charge in [0.15, 0.2) is 0 Å². The first-order chi connectivity index (χ1) is 11.9. The predicted molar refractivity (Wildman–Crippen MR) is 88.3 cm³/mol. The van der Waals surface area contributed by atoms with Crippen molar-refractivity contribution in [3.05, 3.63) is 39.9 Å². The molecule has 136 valence electrons. The number of hydrogen-bond donors (Lipinski definition) is 1. The number of morpholine rings is 1. The second-order valence-corrected chi connectivity index (χ2v) is 5.99. The normalized spacial score (nSPS) is 17.5. The van der Waals surface area contributed by atoms with Gasteiger partial charge >= 0.3 is 5.97 Å². The van der Waals surface area contributed by atoms with Crippen molar-refractivity contribution in [1.82, 2.24) is 9.80 Å². The van der Waals surface area contributed by atoms with Gasteiger partial charge in [-0.25, -0.2) is 0 Å². The van der Waals surface area contributed by atoms with E-state index >= 15 is 0 Å². The van der Waals surface area contributed by atoms with E-state index in [1.807, 2.05) is 0 Å². The van der Waals surface area contributed by atoms with Crippen LogP contribution in [-0.2, 0) is 20.7 Å². The summed E-state index contributed by atoms with van der Waals surface area (Å²) in [5.41, 5.74) is 0.311. The Balaban J connectivity index is 1.96. The molecular weight excluding hydrogens is 330 g/mol. The highest BCUT2D eigenvalue weighted by Gasteiger charge is 2.27. The molecule has 2 rings (SSSR count). The molecule has 1 aliphatic heterocycles. The van der Waals surface area contributed by atoms with Gasteiger partial charge in [-0.3, -0.25) is 24.6 Å². The van der Waals surface area contributed by atoms with E-state index in [0.717, 1.165) is 0 Å². The molecule has 0 saturated carbocycles. The van der Waals surface area contributed by atoms with Crippen LogP contribution < -0.4 is 0 Å². The van der Waals surface area contributed by atoms with Crippen molar-refractivity contribution >= 4 is 17.6 Å². The van der Waals surface area contributed by atoms with Gasteiger partial charge in [-0.15, -0.1) is 0 Å². The number of carboxylic acids is 1. The molecule has 0 radical (unpaired) electrons. The maximum absolute atomic E-state index is 12.5. The molecule has 9 heteroatoms. The number of carbonyl (C=O) groups is 2. The molecule has 1 N–H and O–H groups in total. The van der Waals surface area contributed by atoms with Crippen molar-refractivity contribution < 1.29 is 24.4 Å². The highest BCUT2D eigenvalue weighted by molar-refractivity contribution is 5.80. The van der Waals surface area contributed by atoms with E-state index in [-0.39, 0.29) is 30.7 Å². The summed E-state index contributed by atoms with van der Waals surface area (Å²) in [6, 6.07) is 6.19. The van der Waals surface area contributed by atoms with Gasteiger partial charge < -0.3 is 14.7 Å². The third kappa shape index (κ3) is 5.50. The average Bonchev–Trinajstić information content (AvgIpc) is 2.54. The topological polar surface area (TPSA) is 113 Å². The number of aliphatic carboxylic acids is 1. The third-order valence-electron chi connectivity index (χ3n) is 3.94. The number of para-hydroxylation sites is 1. The number of rotatable bonds is 7. The lowest BCUT2D eigenvalue weighted by atomic mass is 10.1. The van der Waals surface area contributed by atoms with Gasteiger partial charge in [0.25, 0.3) is 5.69 Å². The van der Waals surface area contributed by atoms with Gasteiger partial charge in [-0.05, 0) is 7.05 Å². The van der Waals surface area contributed by atoms with Crippen LogP contribution in [-0.4, -0.2) is 77.6 Å². The van der Waals surface area contributed by atoms with Crippen LogP contribution in [0.4, 0.5) is 5.69 Å². The number of nitro benzene ring substituents is 1. The Hall–Kier alpha value is -2.52. The van der Waals surface area contributed by atoms with Crippen LogP contribution in [0.3, 0.4) is 0 Å². The van der Waals surface area contributed by atoms with Gasteiger partial charge in [0.2, 0.25) is 5.91 Å². The quantitative estimate of drug-likeness (QED) is 0.558. The van der Waals surface area contributed by atoms with Crippen molar-refractivity contribution in [2.75, 3.05) is 39.8 Å². The van der Waals surface area contributed by atoms with Crippen LogP contribution in [0.15, 0.2) is 24.3 Å². The van der Waals surface area contributed by atoms with E-state index in [2.05, 4.69) is 0 Å². The highest BCUT2D eigenvalue weighted by Crippen LogP contribution is 2.19. The van der Waals surface area contributed by atoms with E-state index < -0.39 is 10.9 Å². The molecule has 1 saturated heterocycles. The highest BCUT2D eigenvalue weighted by atomic mass is 16.6. The second-order valence-electron chi connectivity index (χ2n) is 5.99. The Morgan fingerprint density at radius 2 is 2.16 bits per heavy atom. The zero-order valence-corrected chi connectivity index (χ0v) is 14.0. The number of carboxylic acid groups (broad SMARTS) is 1. The van der Waals surface area contributed by atoms with Crippen molar-refractivity contribution in [3.63, 3.8) is 0 Å². The smallest absolute Gasteiger partial charge is 0.317 e. The summed E-state index contributed by atoms with van der Waals surface area (Å²) in [6.07, 6.45) is -0.331. The van der Waals surface area contributed by atoms with E-state index in [1.54, 1.807) is 35.0 Å². The van der Waals surface area contributed by atoms with Gasteiger partial charge in [-0.1, -0.05) is 18.2 Å². The zero-order valence-electron chi connectivity index (χ0n) is 14.0. The van der Waals surface area contributed by atoms with Crippen molar-refractivity contribution in [3.8, 4) is 0 Å². The Bertz CT molecular complexity index is 651. The monoisotopic (exact) mass is 351 g/mol. The SMILES string of the molecule is CN(CC(=O)O)CC1CN(C(=O)Cc2ccccc2[N+](=O)[O-])CCO1. The largest absolute Gasteiger partial charge is 0.480 e. The van der Waals surface area contributed by atoms with Crippen LogP contribution in [0.2, 0.25) is 0 Å². The summed E-state index contributed by atoms with van der Waals surface area (Å²) in [5, 5.41) is 19.8. The Morgan fingerprint density at radius 3 is 2.84 bits per heavy atom. The number of likely N-dealkylation sites (N-methyl/N-ethyl adjacent to an activating group) is 1. The lowest BCUT2D eigenvalue weighted by molar-refractivity contribution is -0.385. The molecule has 1 aromatic carbocycles. The van der Waals surface area contributed by atoms with Crippen LogP contribution in [0.1, 0.15) is 5.56 Å². The first kappa shape index (κ1) is 18.8. The van der Waals surface area contributed by atoms with Crippen molar-refractivity contribution in [2.45, 2.75) is 12.5 Å². The van der Waals surface area contributed by atoms with Gasteiger partial charge in [0.05, 0.1) is 30.6 Å². The fourth-order valence-electron chi connectivity index (χ4n) is 2.81. The van der Waals surface area contributed by atoms with Gasteiger partial charge in [-0.2, -0.15) is 0 Å². The molecule has 1 aliphatic rings. The molecule has 1 amide bonds. The summed E-state index contributed by atoms with van der Waals surface area (Å²) in [4.78, 5) is 37.0. The van der Waals surface area contributed by atoms with Crippen LogP contribution in [0.5, 0.6) is 0 Å². The molecule has 1 atom stereocenters. The maximum atomic E-state index is 12.5. The summed E-state index contributed by atoms with van der Waals surface area (Å²) in [6.45, 7) is 1.39. The fourth-order valence-corrected chi connectivity index (χ4v) is 2.81. The minimum absolute atomic E-state index is 0.0468. The number of hydrogen-bond acceptors (Lipinski definition) is 6. The van der Waals surface area contributed by atoms with Crippen LogP contribution >= 0.6 is 0 Å². The van der Waals surface area contributed by atoms with E-state index in [0.29, 0.717) is 31.8 Å². The number of ether oxygens (including phenoxy) is 1. The first-order valence-corrected chi connectivity index (χ1v) is 7.89. The summed E-state index contributed by atoms with van der Waals surface area (Å²) < 4.78 is 5.59. The maximum Gasteiger partial charge on any atom is 0.317 e. The van der Waals surface area contributed by atoms with E-state index in [9.17, 15) is 19.7 Å². The summed E-state index contributed by atoms with van der Waals surface area (Å²) >= 11 is 0. The molecule has 1 heterocycles. The second kappa shape index (κ2) is 8.54.